The summed E-state index contributed by atoms with van der Waals surface area (Å²) in [4.78, 5) is 21.6. The first kappa shape index (κ1) is 12.8. The van der Waals surface area contributed by atoms with E-state index in [1.807, 2.05) is 24.8 Å². The summed E-state index contributed by atoms with van der Waals surface area (Å²) in [6.45, 7) is 6.93. The summed E-state index contributed by atoms with van der Waals surface area (Å²) in [5.74, 6) is 1.51. The van der Waals surface area contributed by atoms with E-state index in [2.05, 4.69) is 9.97 Å². The maximum atomic E-state index is 11.2. The minimum atomic E-state index is 0.141. The van der Waals surface area contributed by atoms with E-state index >= 15 is 0 Å². The molecule has 1 aromatic rings. The Morgan fingerprint density at radius 3 is 2.56 bits per heavy atom. The molecule has 0 saturated carbocycles. The molecule has 5 heteroatoms. The van der Waals surface area contributed by atoms with Crippen LogP contribution in [0, 0.1) is 13.8 Å². The van der Waals surface area contributed by atoms with Crippen LogP contribution in [0.15, 0.2) is 6.07 Å². The lowest BCUT2D eigenvalue weighted by molar-refractivity contribution is -0.130. The lowest BCUT2D eigenvalue weighted by Gasteiger charge is -2.31. The molecule has 0 atom stereocenters. The fourth-order valence-electron chi connectivity index (χ4n) is 2.20. The van der Waals surface area contributed by atoms with Gasteiger partial charge in [-0.1, -0.05) is 0 Å². The maximum Gasteiger partial charge on any atom is 0.219 e. The Bertz CT molecular complexity index is 420. The van der Waals surface area contributed by atoms with Gasteiger partial charge in [0.2, 0.25) is 11.8 Å². The minimum absolute atomic E-state index is 0.141. The molecule has 98 valence electrons. The molecule has 18 heavy (non-hydrogen) atoms. The van der Waals surface area contributed by atoms with Gasteiger partial charge in [-0.15, -0.1) is 0 Å². The first-order chi connectivity index (χ1) is 8.54. The van der Waals surface area contributed by atoms with Gasteiger partial charge in [-0.3, -0.25) is 4.79 Å². The van der Waals surface area contributed by atoms with E-state index in [0.717, 1.165) is 37.4 Å². The van der Waals surface area contributed by atoms with E-state index in [0.29, 0.717) is 5.88 Å². The van der Waals surface area contributed by atoms with Crippen LogP contribution < -0.4 is 4.74 Å². The van der Waals surface area contributed by atoms with E-state index in [-0.39, 0.29) is 12.0 Å². The number of aryl methyl sites for hydroxylation is 2. The molecule has 2 rings (SSSR count). The lowest BCUT2D eigenvalue weighted by atomic mass is 10.1. The lowest BCUT2D eigenvalue weighted by Crippen LogP contribution is -2.40. The molecule has 0 N–H and O–H groups in total. The summed E-state index contributed by atoms with van der Waals surface area (Å²) in [6.07, 6.45) is 1.87. The van der Waals surface area contributed by atoms with Crippen molar-refractivity contribution in [1.29, 1.82) is 0 Å². The molecule has 0 unspecified atom stereocenters. The molecular formula is C13H19N3O2. The van der Waals surface area contributed by atoms with E-state index in [9.17, 15) is 4.79 Å². The van der Waals surface area contributed by atoms with Crippen LogP contribution in [0.1, 0.15) is 31.3 Å². The molecule has 5 nitrogen and oxygen atoms in total. The van der Waals surface area contributed by atoms with Crippen LogP contribution >= 0.6 is 0 Å². The van der Waals surface area contributed by atoms with Crippen molar-refractivity contribution >= 4 is 5.91 Å². The second-order valence-electron chi connectivity index (χ2n) is 4.72. The number of nitrogens with zero attached hydrogens (tertiary/aromatic N) is 3. The number of likely N-dealkylation sites (tertiary alicyclic amines) is 1. The Kier molecular flexibility index (Phi) is 3.79. The van der Waals surface area contributed by atoms with Crippen molar-refractivity contribution in [3.63, 3.8) is 0 Å². The maximum absolute atomic E-state index is 11.2. The van der Waals surface area contributed by atoms with Gasteiger partial charge in [0, 0.05) is 44.6 Å². The van der Waals surface area contributed by atoms with E-state index in [4.69, 9.17) is 4.74 Å². The molecular weight excluding hydrogens is 230 g/mol. The van der Waals surface area contributed by atoms with Crippen molar-refractivity contribution in [2.24, 2.45) is 0 Å². The molecule has 2 heterocycles. The molecule has 1 saturated heterocycles. The van der Waals surface area contributed by atoms with Gasteiger partial charge in [-0.25, -0.2) is 4.98 Å². The molecule has 1 aliphatic rings. The number of rotatable bonds is 2. The summed E-state index contributed by atoms with van der Waals surface area (Å²) < 4.78 is 5.86. The summed E-state index contributed by atoms with van der Waals surface area (Å²) in [5, 5.41) is 0. The Morgan fingerprint density at radius 1 is 1.33 bits per heavy atom. The largest absolute Gasteiger partial charge is 0.474 e. The first-order valence-electron chi connectivity index (χ1n) is 6.29. The third-order valence-corrected chi connectivity index (χ3v) is 3.12. The normalized spacial score (nSPS) is 16.7. The Hall–Kier alpha value is -1.65. The molecule has 0 aromatic carbocycles. The van der Waals surface area contributed by atoms with Crippen molar-refractivity contribution in [1.82, 2.24) is 14.9 Å². The number of carbonyl (C=O) groups excluding carboxylic acids is 1. The van der Waals surface area contributed by atoms with E-state index in [1.54, 1.807) is 6.92 Å². The van der Waals surface area contributed by atoms with E-state index in [1.165, 1.54) is 0 Å². The number of carbonyl (C=O) groups is 1. The van der Waals surface area contributed by atoms with Gasteiger partial charge >= 0.3 is 0 Å². The van der Waals surface area contributed by atoms with Gasteiger partial charge in [-0.05, 0) is 13.8 Å². The van der Waals surface area contributed by atoms with E-state index < -0.39 is 0 Å². The quantitative estimate of drug-likeness (QED) is 0.796. The number of piperidine rings is 1. The number of amides is 1. The van der Waals surface area contributed by atoms with Crippen LogP contribution in [0.3, 0.4) is 0 Å². The van der Waals surface area contributed by atoms with Crippen LogP contribution in [0.5, 0.6) is 5.88 Å². The highest BCUT2D eigenvalue weighted by Gasteiger charge is 2.22. The van der Waals surface area contributed by atoms with Crippen molar-refractivity contribution in [3.8, 4) is 5.88 Å². The summed E-state index contributed by atoms with van der Waals surface area (Å²) in [6, 6.07) is 1.85. The number of hydrogen-bond acceptors (Lipinski definition) is 4. The highest BCUT2D eigenvalue weighted by molar-refractivity contribution is 5.73. The molecule has 1 aliphatic heterocycles. The minimum Gasteiger partial charge on any atom is -0.474 e. The molecule has 1 aromatic heterocycles. The molecule has 0 bridgehead atoms. The predicted molar refractivity (Wildman–Crippen MR) is 67.4 cm³/mol. The van der Waals surface area contributed by atoms with Crippen LogP contribution in [-0.2, 0) is 4.79 Å². The van der Waals surface area contributed by atoms with Gasteiger partial charge in [0.05, 0.1) is 0 Å². The fourth-order valence-corrected chi connectivity index (χ4v) is 2.20. The Morgan fingerprint density at radius 2 is 2.00 bits per heavy atom. The smallest absolute Gasteiger partial charge is 0.219 e. The Balaban J connectivity index is 1.93. The third-order valence-electron chi connectivity index (χ3n) is 3.12. The topological polar surface area (TPSA) is 55.3 Å². The SMILES string of the molecule is CC(=O)N1CCC(Oc2cc(C)nc(C)n2)CC1. The van der Waals surface area contributed by atoms with Gasteiger partial charge < -0.3 is 9.64 Å². The molecule has 1 amide bonds. The highest BCUT2D eigenvalue weighted by Crippen LogP contribution is 2.18. The standard InChI is InChI=1S/C13H19N3O2/c1-9-8-13(15-10(2)14-9)18-12-4-6-16(7-5-12)11(3)17/h8,12H,4-7H2,1-3H3. The molecule has 1 fully saturated rings. The van der Waals surface area contributed by atoms with Gasteiger partial charge in [-0.2, -0.15) is 4.98 Å². The molecule has 0 radical (unpaired) electrons. The molecule has 0 spiro atoms. The number of hydrogen-bond donors (Lipinski definition) is 0. The van der Waals surface area contributed by atoms with Gasteiger partial charge in [0.25, 0.3) is 0 Å². The van der Waals surface area contributed by atoms with Crippen LogP contribution in [0.4, 0.5) is 0 Å². The second kappa shape index (κ2) is 5.33. The average Bonchev–Trinajstić information content (AvgIpc) is 2.28. The summed E-state index contributed by atoms with van der Waals surface area (Å²) in [7, 11) is 0. The van der Waals surface area contributed by atoms with Crippen molar-refractivity contribution in [2.75, 3.05) is 13.1 Å². The summed E-state index contributed by atoms with van der Waals surface area (Å²) in [5.41, 5.74) is 0.915. The first-order valence-corrected chi connectivity index (χ1v) is 6.29. The van der Waals surface area contributed by atoms with Crippen molar-refractivity contribution in [2.45, 2.75) is 39.7 Å². The highest BCUT2D eigenvalue weighted by atomic mass is 16.5. The average molecular weight is 249 g/mol. The second-order valence-corrected chi connectivity index (χ2v) is 4.72. The van der Waals surface area contributed by atoms with Crippen molar-refractivity contribution < 1.29 is 9.53 Å². The zero-order valence-corrected chi connectivity index (χ0v) is 11.1. The number of aromatic nitrogens is 2. The third kappa shape index (κ3) is 3.18. The predicted octanol–water partition coefficient (Wildman–Crippen LogP) is 1.48. The fraction of sp³-hybridized carbons (Fsp3) is 0.615. The zero-order valence-electron chi connectivity index (χ0n) is 11.1. The number of ether oxygens (including phenoxy) is 1. The summed E-state index contributed by atoms with van der Waals surface area (Å²) >= 11 is 0. The monoisotopic (exact) mass is 249 g/mol. The van der Waals surface area contributed by atoms with Crippen LogP contribution in [0.25, 0.3) is 0 Å². The van der Waals surface area contributed by atoms with Crippen molar-refractivity contribution in [3.05, 3.63) is 17.6 Å². The van der Waals surface area contributed by atoms with Gasteiger partial charge in [0.15, 0.2) is 0 Å². The van der Waals surface area contributed by atoms with Gasteiger partial charge in [0.1, 0.15) is 11.9 Å². The zero-order chi connectivity index (χ0) is 13.1. The Labute approximate surface area is 107 Å². The van der Waals surface area contributed by atoms with Crippen LogP contribution in [0.2, 0.25) is 0 Å². The van der Waals surface area contributed by atoms with Crippen LogP contribution in [-0.4, -0.2) is 40.0 Å². The molecule has 0 aliphatic carbocycles.